The number of esters is 3. The summed E-state index contributed by atoms with van der Waals surface area (Å²) < 4.78 is 28.4. The van der Waals surface area contributed by atoms with Crippen LogP contribution >= 0.6 is 0 Å². The lowest BCUT2D eigenvalue weighted by Gasteiger charge is -2.40. The van der Waals surface area contributed by atoms with Crippen molar-refractivity contribution >= 4 is 23.9 Å². The normalized spacial score (nSPS) is 18.5. The zero-order valence-electron chi connectivity index (χ0n) is 52.5. The lowest BCUT2D eigenvalue weighted by atomic mass is 9.98. The van der Waals surface area contributed by atoms with E-state index in [-0.39, 0.29) is 25.9 Å². The second-order valence-electron chi connectivity index (χ2n) is 21.3. The molecule has 476 valence electrons. The molecule has 1 aliphatic rings. The third kappa shape index (κ3) is 48.2. The average molecular weight is 1180 g/mol. The molecule has 0 bridgehead atoms. The van der Waals surface area contributed by atoms with Gasteiger partial charge in [-0.2, -0.15) is 0 Å². The fourth-order valence-corrected chi connectivity index (χ4v) is 8.68. The number of aliphatic carboxylic acids is 1. The molecule has 0 aromatic rings. The van der Waals surface area contributed by atoms with Crippen molar-refractivity contribution in [1.29, 1.82) is 0 Å². The molecule has 0 amide bonds. The Morgan fingerprint density at radius 2 is 0.765 bits per heavy atom. The number of unbranched alkanes of at least 4 members (excludes halogenated alkanes) is 13. The first-order valence-electron chi connectivity index (χ1n) is 32.5. The molecule has 6 atom stereocenters. The smallest absolute Gasteiger partial charge is 0.335 e. The maximum absolute atomic E-state index is 13.2. The van der Waals surface area contributed by atoms with Gasteiger partial charge in [0.05, 0.1) is 6.61 Å². The summed E-state index contributed by atoms with van der Waals surface area (Å²) in [7, 11) is 0. The summed E-state index contributed by atoms with van der Waals surface area (Å²) in [5.41, 5.74) is 0. The second kappa shape index (κ2) is 58.7. The largest absolute Gasteiger partial charge is 0.479 e. The zero-order chi connectivity index (χ0) is 61.7. The Labute approximate surface area is 514 Å². The van der Waals surface area contributed by atoms with Crippen molar-refractivity contribution in [3.8, 4) is 0 Å². The Morgan fingerprint density at radius 3 is 1.18 bits per heavy atom. The Bertz CT molecular complexity index is 2080. The summed E-state index contributed by atoms with van der Waals surface area (Å²) in [5.74, 6) is -3.30. The van der Waals surface area contributed by atoms with Crippen molar-refractivity contribution in [2.75, 3.05) is 13.2 Å². The fraction of sp³-hybridized carbons (Fsp3) is 0.589. The Balaban J connectivity index is 2.75. The molecule has 1 fully saturated rings. The Morgan fingerprint density at radius 1 is 0.400 bits per heavy atom. The second-order valence-corrected chi connectivity index (χ2v) is 21.3. The van der Waals surface area contributed by atoms with Crippen molar-refractivity contribution in [3.63, 3.8) is 0 Å². The number of hydrogen-bond acceptors (Lipinski definition) is 11. The van der Waals surface area contributed by atoms with Gasteiger partial charge in [-0.15, -0.1) is 0 Å². The van der Waals surface area contributed by atoms with Crippen LogP contribution in [0.3, 0.4) is 0 Å². The van der Waals surface area contributed by atoms with Crippen molar-refractivity contribution in [2.45, 2.75) is 263 Å². The summed E-state index contributed by atoms with van der Waals surface area (Å²) in [5, 5.41) is 31.6. The lowest BCUT2D eigenvalue weighted by molar-refractivity contribution is -0.301. The molecule has 85 heavy (non-hydrogen) atoms. The maximum atomic E-state index is 13.2. The highest BCUT2D eigenvalue weighted by atomic mass is 16.7. The van der Waals surface area contributed by atoms with Gasteiger partial charge in [0.2, 0.25) is 0 Å². The van der Waals surface area contributed by atoms with Crippen molar-refractivity contribution in [2.24, 2.45) is 0 Å². The highest BCUT2D eigenvalue weighted by Gasteiger charge is 2.50. The summed E-state index contributed by atoms with van der Waals surface area (Å²) >= 11 is 0. The van der Waals surface area contributed by atoms with Gasteiger partial charge in [0.25, 0.3) is 0 Å². The van der Waals surface area contributed by atoms with Gasteiger partial charge in [-0.3, -0.25) is 14.4 Å². The minimum atomic E-state index is -1.93. The molecule has 3 N–H and O–H groups in total. The molecule has 12 nitrogen and oxygen atoms in total. The number of hydrogen-bond donors (Lipinski definition) is 3. The van der Waals surface area contributed by atoms with E-state index in [9.17, 15) is 34.5 Å². The Kier molecular flexibility index (Phi) is 53.4. The molecule has 0 aliphatic carbocycles. The van der Waals surface area contributed by atoms with E-state index in [4.69, 9.17) is 23.7 Å². The zero-order valence-corrected chi connectivity index (χ0v) is 52.5. The number of carbonyl (C=O) groups excluding carboxylic acids is 3. The van der Waals surface area contributed by atoms with E-state index in [0.717, 1.165) is 141 Å². The molecule has 1 saturated heterocycles. The number of aliphatic hydroxyl groups is 2. The van der Waals surface area contributed by atoms with Crippen LogP contribution in [0.25, 0.3) is 0 Å². The molecule has 6 unspecified atom stereocenters. The third-order valence-electron chi connectivity index (χ3n) is 13.6. The Hall–Kier alpha value is -5.66. The molecule has 1 aliphatic heterocycles. The number of carbonyl (C=O) groups is 4. The minimum Gasteiger partial charge on any atom is -0.479 e. The standard InChI is InChI=1S/C73H112O12/c1-4-7-10-13-16-19-22-25-28-31-33-36-38-41-44-47-50-53-56-59-65(74)81-62-64(83-66(75)60-57-54-51-48-45-42-39-35-30-27-24-21-18-15-12-9-6-3)63-82-73-71(69(78)68(77)70(85-73)72(79)80)84-67(76)61-58-55-52-49-46-43-40-37-34-32-29-26-23-20-17-14-11-8-5-2/h7,9-10,12,16-21,25-30,33-34,36-37,39,41-42,44,50,53,64,68-71,73,77-78H,4-6,8,11,13-15,22-24,31-32,35,38,40,43,45-49,51-52,54-63H2,1-3H3,(H,79,80)/b10-7-,12-9-,19-16-,20-17-,21-18-,28-25-,29-26-,30-27-,36-33-,37-34-,42-39-,44-41-,53-50-. The molecule has 1 rings (SSSR count). The highest BCUT2D eigenvalue weighted by molar-refractivity contribution is 5.74. The van der Waals surface area contributed by atoms with Gasteiger partial charge >= 0.3 is 23.9 Å². The predicted octanol–water partition coefficient (Wildman–Crippen LogP) is 17.7. The van der Waals surface area contributed by atoms with Crippen LogP contribution in [0.2, 0.25) is 0 Å². The van der Waals surface area contributed by atoms with E-state index in [1.54, 1.807) is 0 Å². The molecule has 0 saturated carbocycles. The molecule has 0 aromatic carbocycles. The summed E-state index contributed by atoms with van der Waals surface area (Å²) in [4.78, 5) is 51.3. The number of allylic oxidation sites excluding steroid dienone is 26. The van der Waals surface area contributed by atoms with E-state index in [1.165, 1.54) is 19.3 Å². The minimum absolute atomic E-state index is 0.0263. The van der Waals surface area contributed by atoms with Crippen molar-refractivity contribution in [1.82, 2.24) is 0 Å². The number of aliphatic hydroxyl groups excluding tert-OH is 2. The first kappa shape index (κ1) is 77.4. The summed E-state index contributed by atoms with van der Waals surface area (Å²) in [6.45, 7) is 5.65. The average Bonchev–Trinajstić information content (AvgIpc) is 3.51. The van der Waals surface area contributed by atoms with Crippen LogP contribution in [-0.2, 0) is 42.9 Å². The summed E-state index contributed by atoms with van der Waals surface area (Å²) in [6, 6.07) is 0. The maximum Gasteiger partial charge on any atom is 0.335 e. The molecule has 0 radical (unpaired) electrons. The number of rotatable bonds is 53. The number of ether oxygens (including phenoxy) is 5. The van der Waals surface area contributed by atoms with Crippen molar-refractivity contribution in [3.05, 3.63) is 158 Å². The number of carboxylic acids is 1. The van der Waals surface area contributed by atoms with Gasteiger partial charge in [0.15, 0.2) is 24.6 Å². The topological polar surface area (TPSA) is 175 Å². The van der Waals surface area contributed by atoms with Gasteiger partial charge in [-0.1, -0.05) is 230 Å². The van der Waals surface area contributed by atoms with Gasteiger partial charge in [-0.05, 0) is 135 Å². The first-order chi connectivity index (χ1) is 41.6. The molecule has 0 spiro atoms. The van der Waals surface area contributed by atoms with E-state index in [2.05, 4.69) is 167 Å². The molecule has 1 heterocycles. The van der Waals surface area contributed by atoms with E-state index in [1.807, 2.05) is 12.2 Å². The van der Waals surface area contributed by atoms with Crippen molar-refractivity contribution < 1.29 is 58.2 Å². The first-order valence-corrected chi connectivity index (χ1v) is 32.5. The van der Waals surface area contributed by atoms with E-state index >= 15 is 0 Å². The van der Waals surface area contributed by atoms with Gasteiger partial charge < -0.3 is 39.0 Å². The third-order valence-corrected chi connectivity index (χ3v) is 13.6. The SMILES string of the molecule is CC/C=C\C/C=C\C/C=C\C/C=C\C/C=C\C/C=C\CCC(=O)OCC(COC1OC(C(=O)O)C(O)C(O)C1OC(=O)CCCCCCCC/C=C\C/C=C\C/C=C\CCCCC)OC(=O)CCCCCC/C=C\C/C=C\C/C=C\C/C=C\CC. The summed E-state index contributed by atoms with van der Waals surface area (Å²) in [6.07, 6.45) is 73.5. The van der Waals surface area contributed by atoms with Crippen LogP contribution in [0, 0.1) is 0 Å². The van der Waals surface area contributed by atoms with Crippen LogP contribution in [-0.4, -0.2) is 89.2 Å². The number of carboxylic acid groups (broad SMARTS) is 1. The quantitative estimate of drug-likeness (QED) is 0.0228. The van der Waals surface area contributed by atoms with Crippen LogP contribution in [0.15, 0.2) is 158 Å². The molecular weight excluding hydrogens is 1070 g/mol. The van der Waals surface area contributed by atoms with Gasteiger partial charge in [0, 0.05) is 19.3 Å². The predicted molar refractivity (Wildman–Crippen MR) is 349 cm³/mol. The molecule has 12 heteroatoms. The van der Waals surface area contributed by atoms with Gasteiger partial charge in [0.1, 0.15) is 18.8 Å². The lowest BCUT2D eigenvalue weighted by Crippen LogP contribution is -2.61. The molecule has 0 aromatic heterocycles. The van der Waals surface area contributed by atoms with Crippen LogP contribution < -0.4 is 0 Å². The van der Waals surface area contributed by atoms with Gasteiger partial charge in [-0.25, -0.2) is 4.79 Å². The van der Waals surface area contributed by atoms with Crippen LogP contribution in [0.1, 0.15) is 226 Å². The molecular formula is C73H112O12. The van der Waals surface area contributed by atoms with Crippen LogP contribution in [0.4, 0.5) is 0 Å². The monoisotopic (exact) mass is 1180 g/mol. The highest BCUT2D eigenvalue weighted by Crippen LogP contribution is 2.26. The van der Waals surface area contributed by atoms with E-state index < -0.39 is 67.3 Å². The van der Waals surface area contributed by atoms with Crippen LogP contribution in [0.5, 0.6) is 0 Å². The van der Waals surface area contributed by atoms with E-state index in [0.29, 0.717) is 25.7 Å². The fourth-order valence-electron chi connectivity index (χ4n) is 8.68.